The van der Waals surface area contributed by atoms with Gasteiger partial charge in [0, 0.05) is 5.75 Å². The molecule has 2 aromatic rings. The Morgan fingerprint density at radius 3 is 2.67 bits per heavy atom. The second-order valence-electron chi connectivity index (χ2n) is 3.76. The highest BCUT2D eigenvalue weighted by Crippen LogP contribution is 2.25. The lowest BCUT2D eigenvalue weighted by atomic mass is 10.2. The molecular weight excluding hydrogens is 246 g/mol. The molecule has 0 fully saturated rings. The van der Waals surface area contributed by atoms with Gasteiger partial charge in [0.2, 0.25) is 0 Å². The molecule has 0 radical (unpaired) electrons. The van der Waals surface area contributed by atoms with Crippen molar-refractivity contribution < 1.29 is 4.79 Å². The van der Waals surface area contributed by atoms with Gasteiger partial charge in [-0.1, -0.05) is 30.3 Å². The third kappa shape index (κ3) is 3.01. The lowest BCUT2D eigenvalue weighted by molar-refractivity contribution is 0.0997. The summed E-state index contributed by atoms with van der Waals surface area (Å²) in [5.41, 5.74) is 12.9. The number of hydrogen-bond acceptors (Lipinski definition) is 4. The smallest absolute Gasteiger partial charge is 0.251 e. The van der Waals surface area contributed by atoms with Gasteiger partial charge in [0.15, 0.2) is 0 Å². The average molecular weight is 259 g/mol. The lowest BCUT2D eigenvalue weighted by Crippen LogP contribution is -2.13. The van der Waals surface area contributed by atoms with Crippen LogP contribution in [-0.2, 0) is 5.75 Å². The van der Waals surface area contributed by atoms with Crippen molar-refractivity contribution in [2.24, 2.45) is 5.73 Å². The molecule has 92 valence electrons. The topological polar surface area (TPSA) is 82.0 Å². The van der Waals surface area contributed by atoms with Crippen molar-refractivity contribution in [3.8, 4) is 0 Å². The minimum atomic E-state index is -0.509. The predicted molar refractivity (Wildman–Crippen MR) is 73.2 cm³/mol. The predicted octanol–water partition coefficient (Wildman–Crippen LogP) is 2.05. The Morgan fingerprint density at radius 1 is 1.28 bits per heavy atom. The molecule has 0 aliphatic carbocycles. The van der Waals surface area contributed by atoms with Gasteiger partial charge < -0.3 is 11.5 Å². The molecule has 1 aromatic carbocycles. The first-order chi connectivity index (χ1) is 8.66. The number of nitrogens with two attached hydrogens (primary N) is 2. The van der Waals surface area contributed by atoms with Gasteiger partial charge in [-0.05, 0) is 11.6 Å². The van der Waals surface area contributed by atoms with Crippen molar-refractivity contribution in [1.82, 2.24) is 4.98 Å². The van der Waals surface area contributed by atoms with E-state index in [1.54, 1.807) is 6.07 Å². The van der Waals surface area contributed by atoms with Crippen molar-refractivity contribution in [3.63, 3.8) is 0 Å². The summed E-state index contributed by atoms with van der Waals surface area (Å²) >= 11 is 1.47. The van der Waals surface area contributed by atoms with Gasteiger partial charge in [0.05, 0.1) is 17.4 Å². The van der Waals surface area contributed by atoms with E-state index in [-0.39, 0.29) is 0 Å². The lowest BCUT2D eigenvalue weighted by Gasteiger charge is -2.06. The van der Waals surface area contributed by atoms with Gasteiger partial charge in [0.1, 0.15) is 5.03 Å². The second kappa shape index (κ2) is 5.55. The van der Waals surface area contributed by atoms with E-state index < -0.39 is 5.91 Å². The van der Waals surface area contributed by atoms with Gasteiger partial charge in [-0.15, -0.1) is 11.8 Å². The molecule has 0 bridgehead atoms. The van der Waals surface area contributed by atoms with E-state index in [0.29, 0.717) is 16.3 Å². The maximum atomic E-state index is 11.3. The van der Waals surface area contributed by atoms with Gasteiger partial charge >= 0.3 is 0 Å². The molecule has 1 aromatic heterocycles. The van der Waals surface area contributed by atoms with Crippen molar-refractivity contribution in [1.29, 1.82) is 0 Å². The van der Waals surface area contributed by atoms with Crippen LogP contribution in [0.3, 0.4) is 0 Å². The van der Waals surface area contributed by atoms with E-state index in [1.165, 1.54) is 18.0 Å². The first-order valence-electron chi connectivity index (χ1n) is 5.39. The molecule has 0 aliphatic heterocycles. The van der Waals surface area contributed by atoms with Gasteiger partial charge in [-0.3, -0.25) is 4.79 Å². The molecule has 0 unspecified atom stereocenters. The number of amides is 1. The Kier molecular flexibility index (Phi) is 3.84. The molecule has 1 amide bonds. The van der Waals surface area contributed by atoms with Crippen LogP contribution in [0.2, 0.25) is 0 Å². The van der Waals surface area contributed by atoms with E-state index >= 15 is 0 Å². The number of nitrogens with zero attached hydrogens (tertiary/aromatic N) is 1. The summed E-state index contributed by atoms with van der Waals surface area (Å²) < 4.78 is 0. The van der Waals surface area contributed by atoms with Crippen LogP contribution >= 0.6 is 11.8 Å². The molecule has 4 N–H and O–H groups in total. The number of pyridine rings is 1. The van der Waals surface area contributed by atoms with E-state index in [2.05, 4.69) is 4.98 Å². The number of aromatic nitrogens is 1. The fourth-order valence-corrected chi connectivity index (χ4v) is 2.42. The van der Waals surface area contributed by atoms with Crippen molar-refractivity contribution in [2.75, 3.05) is 5.73 Å². The molecule has 0 spiro atoms. The number of carbonyl (C=O) groups excluding carboxylic acids is 1. The number of carbonyl (C=O) groups is 1. The van der Waals surface area contributed by atoms with Crippen LogP contribution < -0.4 is 11.5 Å². The third-order valence-corrected chi connectivity index (χ3v) is 3.43. The zero-order chi connectivity index (χ0) is 13.0. The van der Waals surface area contributed by atoms with Crippen LogP contribution in [0, 0.1) is 0 Å². The minimum absolute atomic E-state index is 0.371. The largest absolute Gasteiger partial charge is 0.397 e. The van der Waals surface area contributed by atoms with E-state index in [1.807, 2.05) is 30.3 Å². The van der Waals surface area contributed by atoms with Crippen LogP contribution in [-0.4, -0.2) is 10.9 Å². The Balaban J connectivity index is 2.17. The first kappa shape index (κ1) is 12.4. The molecule has 0 saturated heterocycles. The number of benzene rings is 1. The number of primary amides is 1. The van der Waals surface area contributed by atoms with Gasteiger partial charge in [0.25, 0.3) is 5.91 Å². The number of nitrogen functional groups attached to an aromatic ring is 1. The van der Waals surface area contributed by atoms with Gasteiger partial charge in [-0.2, -0.15) is 0 Å². The minimum Gasteiger partial charge on any atom is -0.397 e. The van der Waals surface area contributed by atoms with E-state index in [9.17, 15) is 4.79 Å². The summed E-state index contributed by atoms with van der Waals surface area (Å²) in [6.07, 6.45) is 1.53. The summed E-state index contributed by atoms with van der Waals surface area (Å²) in [7, 11) is 0. The van der Waals surface area contributed by atoms with Gasteiger partial charge in [-0.25, -0.2) is 4.98 Å². The Morgan fingerprint density at radius 2 is 2.00 bits per heavy atom. The molecule has 0 saturated carbocycles. The summed E-state index contributed by atoms with van der Waals surface area (Å²) in [4.78, 5) is 15.5. The van der Waals surface area contributed by atoms with Crippen LogP contribution in [0.25, 0.3) is 0 Å². The quantitative estimate of drug-likeness (QED) is 0.823. The molecule has 5 heteroatoms. The Bertz CT molecular complexity index is 557. The zero-order valence-electron chi connectivity index (χ0n) is 9.67. The van der Waals surface area contributed by atoms with E-state index in [0.717, 1.165) is 11.3 Å². The van der Waals surface area contributed by atoms with Crippen LogP contribution in [0.4, 0.5) is 5.69 Å². The SMILES string of the molecule is NC(=O)c1cc(N)cnc1SCc1ccccc1. The molecule has 4 nitrogen and oxygen atoms in total. The highest BCUT2D eigenvalue weighted by Gasteiger charge is 2.10. The summed E-state index contributed by atoms with van der Waals surface area (Å²) in [5, 5.41) is 0.612. The normalized spacial score (nSPS) is 10.2. The summed E-state index contributed by atoms with van der Waals surface area (Å²) in [6, 6.07) is 11.5. The van der Waals surface area contributed by atoms with Crippen molar-refractivity contribution in [2.45, 2.75) is 10.8 Å². The van der Waals surface area contributed by atoms with Crippen molar-refractivity contribution in [3.05, 3.63) is 53.7 Å². The molecule has 18 heavy (non-hydrogen) atoms. The molecule has 0 aliphatic rings. The molecule has 1 heterocycles. The number of rotatable bonds is 4. The molecule has 0 atom stereocenters. The zero-order valence-corrected chi connectivity index (χ0v) is 10.5. The maximum absolute atomic E-state index is 11.3. The fourth-order valence-electron chi connectivity index (χ4n) is 1.49. The Hall–Kier alpha value is -2.01. The monoisotopic (exact) mass is 259 g/mol. The standard InChI is InChI=1S/C13H13N3OS/c14-10-6-11(12(15)17)13(16-7-10)18-8-9-4-2-1-3-5-9/h1-7H,8,14H2,(H2,15,17). The first-order valence-corrected chi connectivity index (χ1v) is 6.37. The number of hydrogen-bond donors (Lipinski definition) is 2. The molecular formula is C13H13N3OS. The van der Waals surface area contributed by atoms with Crippen LogP contribution in [0.5, 0.6) is 0 Å². The number of anilines is 1. The van der Waals surface area contributed by atoms with E-state index in [4.69, 9.17) is 11.5 Å². The highest BCUT2D eigenvalue weighted by molar-refractivity contribution is 7.98. The summed E-state index contributed by atoms with van der Waals surface area (Å²) in [6.45, 7) is 0. The van der Waals surface area contributed by atoms with Crippen molar-refractivity contribution >= 4 is 23.4 Å². The Labute approximate surface area is 109 Å². The second-order valence-corrected chi connectivity index (χ2v) is 4.72. The fraction of sp³-hybridized carbons (Fsp3) is 0.0769. The molecule has 2 rings (SSSR count). The van der Waals surface area contributed by atoms with Crippen LogP contribution in [0.1, 0.15) is 15.9 Å². The third-order valence-electron chi connectivity index (χ3n) is 2.36. The maximum Gasteiger partial charge on any atom is 0.251 e. The average Bonchev–Trinajstić information content (AvgIpc) is 2.38. The highest BCUT2D eigenvalue weighted by atomic mass is 32.2. The van der Waals surface area contributed by atoms with Crippen LogP contribution in [0.15, 0.2) is 47.6 Å². The number of thioether (sulfide) groups is 1. The summed E-state index contributed by atoms with van der Waals surface area (Å²) in [5.74, 6) is 0.225.